The minimum atomic E-state index is -0.0831. The summed E-state index contributed by atoms with van der Waals surface area (Å²) < 4.78 is 9.16. The highest BCUT2D eigenvalue weighted by Crippen LogP contribution is 2.20. The van der Waals surface area contributed by atoms with Crippen molar-refractivity contribution < 1.29 is 4.74 Å². The Bertz CT molecular complexity index is 631. The molecule has 0 amide bonds. The van der Waals surface area contributed by atoms with Crippen LogP contribution in [0, 0.1) is 0 Å². The average molecular weight is 376 g/mol. The van der Waals surface area contributed by atoms with Gasteiger partial charge in [0.15, 0.2) is 0 Å². The van der Waals surface area contributed by atoms with E-state index in [4.69, 9.17) is 4.74 Å². The molecule has 4 nitrogen and oxygen atoms in total. The van der Waals surface area contributed by atoms with E-state index in [0.29, 0.717) is 9.80 Å². The molecule has 0 atom stereocenters. The summed E-state index contributed by atoms with van der Waals surface area (Å²) >= 11 is 6.71. The molecule has 1 aromatic heterocycles. The number of rotatable bonds is 3. The lowest BCUT2D eigenvalue weighted by molar-refractivity contribution is 0.414. The first kappa shape index (κ1) is 13.4. The van der Waals surface area contributed by atoms with E-state index >= 15 is 0 Å². The van der Waals surface area contributed by atoms with Crippen molar-refractivity contribution in [2.24, 2.45) is 7.05 Å². The molecule has 0 aliphatic carbocycles. The Morgan fingerprint density at radius 1 is 1.39 bits per heavy atom. The highest BCUT2D eigenvalue weighted by molar-refractivity contribution is 9.10. The van der Waals surface area contributed by atoms with Crippen molar-refractivity contribution in [3.8, 4) is 11.4 Å². The summed E-state index contributed by atoms with van der Waals surface area (Å²) in [5, 5.41) is 0.607. The fourth-order valence-corrected chi connectivity index (χ4v) is 3.38. The van der Waals surface area contributed by atoms with Crippen LogP contribution in [0.4, 0.5) is 0 Å². The molecular formula is C12H12Br2N2O2. The second kappa shape index (κ2) is 5.32. The zero-order valence-corrected chi connectivity index (χ0v) is 13.2. The van der Waals surface area contributed by atoms with Crippen LogP contribution in [0.15, 0.2) is 33.5 Å². The van der Waals surface area contributed by atoms with E-state index in [-0.39, 0.29) is 5.56 Å². The highest BCUT2D eigenvalue weighted by Gasteiger charge is 2.16. The molecule has 2 rings (SSSR count). The third-order valence-corrected chi connectivity index (χ3v) is 4.08. The van der Waals surface area contributed by atoms with Crippen molar-refractivity contribution in [1.82, 2.24) is 9.36 Å². The lowest BCUT2D eigenvalue weighted by Crippen LogP contribution is -2.19. The molecule has 1 heterocycles. The predicted molar refractivity (Wildman–Crippen MR) is 77.9 cm³/mol. The van der Waals surface area contributed by atoms with E-state index in [0.717, 1.165) is 17.1 Å². The summed E-state index contributed by atoms with van der Waals surface area (Å²) in [6.45, 7) is 0. The maximum atomic E-state index is 12.2. The van der Waals surface area contributed by atoms with Crippen LogP contribution in [0.25, 0.3) is 5.69 Å². The van der Waals surface area contributed by atoms with Crippen LogP contribution in [-0.2, 0) is 12.4 Å². The molecule has 1 aromatic carbocycles. The Morgan fingerprint density at radius 2 is 2.11 bits per heavy atom. The molecule has 0 aliphatic rings. The van der Waals surface area contributed by atoms with Crippen LogP contribution in [0.1, 0.15) is 5.69 Å². The van der Waals surface area contributed by atoms with E-state index in [1.54, 1.807) is 11.8 Å². The summed E-state index contributed by atoms with van der Waals surface area (Å²) in [6.07, 6.45) is 0. The minimum absolute atomic E-state index is 0.0831. The molecule has 6 heteroatoms. The van der Waals surface area contributed by atoms with Gasteiger partial charge in [-0.05, 0) is 28.1 Å². The van der Waals surface area contributed by atoms with Crippen LogP contribution >= 0.6 is 31.9 Å². The fourth-order valence-electron chi connectivity index (χ4n) is 1.79. The number of ether oxygens (including phenoxy) is 1. The highest BCUT2D eigenvalue weighted by atomic mass is 79.9. The van der Waals surface area contributed by atoms with Crippen LogP contribution in [-0.4, -0.2) is 16.5 Å². The summed E-state index contributed by atoms with van der Waals surface area (Å²) in [7, 11) is 3.45. The van der Waals surface area contributed by atoms with Crippen molar-refractivity contribution in [3.63, 3.8) is 0 Å². The number of aromatic nitrogens is 2. The van der Waals surface area contributed by atoms with Crippen LogP contribution in [0.5, 0.6) is 5.75 Å². The van der Waals surface area contributed by atoms with Gasteiger partial charge in [0, 0.05) is 18.4 Å². The number of hydrogen-bond acceptors (Lipinski definition) is 2. The maximum Gasteiger partial charge on any atom is 0.286 e. The van der Waals surface area contributed by atoms with Gasteiger partial charge in [0.2, 0.25) is 0 Å². The number of halogens is 2. The third kappa shape index (κ3) is 2.14. The van der Waals surface area contributed by atoms with E-state index in [1.807, 2.05) is 36.0 Å². The molecule has 0 spiro atoms. The maximum absolute atomic E-state index is 12.2. The molecule has 96 valence electrons. The molecule has 2 aromatic rings. The number of hydrogen-bond donors (Lipinski definition) is 0. The monoisotopic (exact) mass is 374 g/mol. The van der Waals surface area contributed by atoms with Crippen molar-refractivity contribution in [2.45, 2.75) is 5.33 Å². The summed E-state index contributed by atoms with van der Waals surface area (Å²) in [5.41, 5.74) is 1.58. The topological polar surface area (TPSA) is 36.2 Å². The van der Waals surface area contributed by atoms with Gasteiger partial charge in [0.1, 0.15) is 10.2 Å². The predicted octanol–water partition coefficient (Wildman–Crippen LogP) is 2.84. The van der Waals surface area contributed by atoms with Crippen molar-refractivity contribution in [2.75, 3.05) is 7.11 Å². The first-order valence-electron chi connectivity index (χ1n) is 5.27. The van der Waals surface area contributed by atoms with Gasteiger partial charge in [-0.25, -0.2) is 4.68 Å². The summed E-state index contributed by atoms with van der Waals surface area (Å²) in [6, 6.07) is 7.40. The molecule has 0 bridgehead atoms. The molecule has 0 N–H and O–H groups in total. The normalized spacial score (nSPS) is 10.7. The number of benzene rings is 1. The van der Waals surface area contributed by atoms with Gasteiger partial charge in [-0.2, -0.15) is 0 Å². The third-order valence-electron chi connectivity index (χ3n) is 2.75. The van der Waals surface area contributed by atoms with Crippen molar-refractivity contribution in [3.05, 3.63) is 44.8 Å². The quantitative estimate of drug-likeness (QED) is 0.773. The molecule has 0 radical (unpaired) electrons. The lowest BCUT2D eigenvalue weighted by atomic mass is 10.3. The molecule has 0 unspecified atom stereocenters. The van der Waals surface area contributed by atoms with Crippen LogP contribution in [0.3, 0.4) is 0 Å². The lowest BCUT2D eigenvalue weighted by Gasteiger charge is -2.10. The van der Waals surface area contributed by atoms with Gasteiger partial charge in [-0.3, -0.25) is 9.48 Å². The second-order valence-electron chi connectivity index (χ2n) is 3.74. The van der Waals surface area contributed by atoms with Crippen molar-refractivity contribution >= 4 is 31.9 Å². The Balaban J connectivity index is 2.67. The molecule has 18 heavy (non-hydrogen) atoms. The fraction of sp³-hybridized carbons (Fsp3) is 0.250. The Labute approximate surface area is 121 Å². The van der Waals surface area contributed by atoms with Gasteiger partial charge in [-0.15, -0.1) is 0 Å². The van der Waals surface area contributed by atoms with E-state index in [1.165, 1.54) is 0 Å². The van der Waals surface area contributed by atoms with Gasteiger partial charge < -0.3 is 4.74 Å². The molecule has 0 fully saturated rings. The average Bonchev–Trinajstić information content (AvgIpc) is 2.60. The standard InChI is InChI=1S/C12H12Br2N2O2/c1-15-10(7-13)11(14)12(17)16(15)8-4-3-5-9(6-8)18-2/h3-6H,7H2,1-2H3. The Kier molecular flexibility index (Phi) is 3.97. The Hall–Kier alpha value is -1.01. The number of nitrogens with zero attached hydrogens (tertiary/aromatic N) is 2. The molecule has 0 saturated heterocycles. The van der Waals surface area contributed by atoms with E-state index in [2.05, 4.69) is 31.9 Å². The minimum Gasteiger partial charge on any atom is -0.497 e. The van der Waals surface area contributed by atoms with Crippen LogP contribution < -0.4 is 10.3 Å². The second-order valence-corrected chi connectivity index (χ2v) is 5.09. The van der Waals surface area contributed by atoms with Crippen LogP contribution in [0.2, 0.25) is 0 Å². The van der Waals surface area contributed by atoms with Gasteiger partial charge >= 0.3 is 0 Å². The van der Waals surface area contributed by atoms with Crippen molar-refractivity contribution in [1.29, 1.82) is 0 Å². The zero-order valence-electron chi connectivity index (χ0n) is 9.98. The van der Waals surface area contributed by atoms with Gasteiger partial charge in [0.25, 0.3) is 5.56 Å². The Morgan fingerprint density at radius 3 is 2.67 bits per heavy atom. The van der Waals surface area contributed by atoms with Gasteiger partial charge in [-0.1, -0.05) is 22.0 Å². The smallest absolute Gasteiger partial charge is 0.286 e. The van der Waals surface area contributed by atoms with Gasteiger partial charge in [0.05, 0.1) is 18.5 Å². The van der Waals surface area contributed by atoms with E-state index < -0.39 is 0 Å². The number of methoxy groups -OCH3 is 1. The first-order valence-corrected chi connectivity index (χ1v) is 7.18. The molecule has 0 saturated carbocycles. The molecule has 0 aliphatic heterocycles. The largest absolute Gasteiger partial charge is 0.497 e. The summed E-state index contributed by atoms with van der Waals surface area (Å²) in [5.74, 6) is 0.720. The first-order chi connectivity index (χ1) is 8.60. The SMILES string of the molecule is COc1cccc(-n2c(=O)c(Br)c(CBr)n2C)c1. The molecular weight excluding hydrogens is 364 g/mol. The zero-order chi connectivity index (χ0) is 13.3. The van der Waals surface area contributed by atoms with E-state index in [9.17, 15) is 4.79 Å². The number of alkyl halides is 1. The summed E-state index contributed by atoms with van der Waals surface area (Å²) in [4.78, 5) is 12.2.